The number of carbonyl (C=O) groups excluding carboxylic acids is 2. The van der Waals surface area contributed by atoms with Gasteiger partial charge in [0.15, 0.2) is 6.61 Å². The lowest BCUT2D eigenvalue weighted by molar-refractivity contribution is -0.385. The highest BCUT2D eigenvalue weighted by Crippen LogP contribution is 2.22. The minimum atomic E-state index is -0.607. The number of rotatable bonds is 7. The zero-order valence-electron chi connectivity index (χ0n) is 13.5. The Kier molecular flexibility index (Phi) is 6.47. The van der Waals surface area contributed by atoms with Gasteiger partial charge in [0.2, 0.25) is 0 Å². The van der Waals surface area contributed by atoms with Crippen LogP contribution in [0.25, 0.3) is 0 Å². The molecule has 0 spiro atoms. The van der Waals surface area contributed by atoms with Gasteiger partial charge >= 0.3 is 6.03 Å². The van der Waals surface area contributed by atoms with Gasteiger partial charge in [-0.1, -0.05) is 6.07 Å². The molecule has 9 heteroatoms. The van der Waals surface area contributed by atoms with Crippen LogP contribution in [0.5, 0.6) is 5.75 Å². The zero-order valence-corrected chi connectivity index (χ0v) is 14.3. The summed E-state index contributed by atoms with van der Waals surface area (Å²) in [5.74, 6) is -0.291. The Hall–Kier alpha value is -2.94. The molecule has 0 atom stereocenters. The van der Waals surface area contributed by atoms with Crippen molar-refractivity contribution in [2.24, 2.45) is 0 Å². The molecule has 2 aromatic rings. The molecule has 0 radical (unpaired) electrons. The Morgan fingerprint density at radius 3 is 2.76 bits per heavy atom. The van der Waals surface area contributed by atoms with Crippen molar-refractivity contribution in [2.75, 3.05) is 13.2 Å². The maximum absolute atomic E-state index is 11.7. The predicted octanol–water partition coefficient (Wildman–Crippen LogP) is 2.41. The Balaban J connectivity index is 1.71. The van der Waals surface area contributed by atoms with E-state index in [0.717, 1.165) is 4.88 Å². The SMILES string of the molecule is Cc1cc(OCC(=O)NC(=O)NCCc2cccs2)ccc1[N+](=O)[O-]. The standard InChI is InChI=1S/C16H17N3O5S/c1-11-9-12(4-5-14(11)19(22)23)24-10-15(20)18-16(21)17-7-6-13-3-2-8-25-13/h2-5,8-9H,6-7,10H2,1H3,(H2,17,18,20,21). The summed E-state index contributed by atoms with van der Waals surface area (Å²) in [5, 5.41) is 17.4. The van der Waals surface area contributed by atoms with Gasteiger partial charge in [0, 0.05) is 23.1 Å². The van der Waals surface area contributed by atoms with Gasteiger partial charge in [0.1, 0.15) is 5.75 Å². The number of hydrogen-bond acceptors (Lipinski definition) is 6. The van der Waals surface area contributed by atoms with Gasteiger partial charge in [0.25, 0.3) is 11.6 Å². The average molecular weight is 363 g/mol. The van der Waals surface area contributed by atoms with Crippen molar-refractivity contribution in [2.45, 2.75) is 13.3 Å². The van der Waals surface area contributed by atoms with E-state index in [4.69, 9.17) is 4.74 Å². The molecule has 0 aliphatic heterocycles. The normalized spacial score (nSPS) is 10.1. The summed E-state index contributed by atoms with van der Waals surface area (Å²) >= 11 is 1.60. The fourth-order valence-electron chi connectivity index (χ4n) is 2.03. The number of aryl methyl sites for hydroxylation is 1. The highest BCUT2D eigenvalue weighted by molar-refractivity contribution is 7.09. The van der Waals surface area contributed by atoms with Gasteiger partial charge < -0.3 is 10.1 Å². The number of nitro benzene ring substituents is 1. The second-order valence-electron chi connectivity index (χ2n) is 5.13. The number of nitro groups is 1. The van der Waals surface area contributed by atoms with Crippen LogP contribution in [0.15, 0.2) is 35.7 Å². The number of benzene rings is 1. The van der Waals surface area contributed by atoms with Crippen LogP contribution in [0, 0.1) is 17.0 Å². The second-order valence-corrected chi connectivity index (χ2v) is 6.16. The maximum atomic E-state index is 11.7. The second kappa shape index (κ2) is 8.78. The monoisotopic (exact) mass is 363 g/mol. The largest absolute Gasteiger partial charge is 0.484 e. The van der Waals surface area contributed by atoms with E-state index in [9.17, 15) is 19.7 Å². The van der Waals surface area contributed by atoms with Crippen LogP contribution in [-0.2, 0) is 11.2 Å². The van der Waals surface area contributed by atoms with Crippen LogP contribution in [0.1, 0.15) is 10.4 Å². The highest BCUT2D eigenvalue weighted by Gasteiger charge is 2.12. The quantitative estimate of drug-likeness (QED) is 0.580. The van der Waals surface area contributed by atoms with E-state index in [2.05, 4.69) is 10.6 Å². The van der Waals surface area contributed by atoms with E-state index in [-0.39, 0.29) is 12.3 Å². The third kappa shape index (κ3) is 5.88. The van der Waals surface area contributed by atoms with Crippen LogP contribution in [0.3, 0.4) is 0 Å². The first-order chi connectivity index (χ1) is 12.0. The zero-order chi connectivity index (χ0) is 18.2. The molecule has 1 aromatic carbocycles. The number of amides is 3. The number of nitrogens with zero attached hydrogens (tertiary/aromatic N) is 1. The molecule has 0 fully saturated rings. The van der Waals surface area contributed by atoms with Gasteiger partial charge in [-0.3, -0.25) is 20.2 Å². The molecule has 0 saturated heterocycles. The maximum Gasteiger partial charge on any atom is 0.321 e. The van der Waals surface area contributed by atoms with Crippen LogP contribution in [0.4, 0.5) is 10.5 Å². The summed E-state index contributed by atoms with van der Waals surface area (Å²) < 4.78 is 5.23. The molecular weight excluding hydrogens is 346 g/mol. The number of thiophene rings is 1. The molecular formula is C16H17N3O5S. The van der Waals surface area contributed by atoms with Crippen LogP contribution >= 0.6 is 11.3 Å². The summed E-state index contributed by atoms with van der Waals surface area (Å²) in [6, 6.07) is 7.48. The van der Waals surface area contributed by atoms with E-state index in [1.807, 2.05) is 17.5 Å². The first-order valence-corrected chi connectivity index (χ1v) is 8.31. The van der Waals surface area contributed by atoms with Gasteiger partial charge in [-0.2, -0.15) is 0 Å². The molecule has 0 saturated carbocycles. The van der Waals surface area contributed by atoms with Crippen molar-refractivity contribution >= 4 is 29.0 Å². The van der Waals surface area contributed by atoms with Crippen molar-refractivity contribution < 1.29 is 19.2 Å². The predicted molar refractivity (Wildman–Crippen MR) is 92.9 cm³/mol. The van der Waals surface area contributed by atoms with E-state index in [0.29, 0.717) is 24.3 Å². The highest BCUT2D eigenvalue weighted by atomic mass is 32.1. The van der Waals surface area contributed by atoms with E-state index in [1.165, 1.54) is 18.2 Å². The van der Waals surface area contributed by atoms with Crippen LogP contribution in [-0.4, -0.2) is 30.0 Å². The van der Waals surface area contributed by atoms with E-state index < -0.39 is 16.9 Å². The third-order valence-electron chi connectivity index (χ3n) is 3.22. The third-order valence-corrected chi connectivity index (χ3v) is 4.16. The molecule has 0 aliphatic carbocycles. The van der Waals surface area contributed by atoms with Crippen molar-refractivity contribution in [1.29, 1.82) is 0 Å². The molecule has 1 aromatic heterocycles. The van der Waals surface area contributed by atoms with Gasteiger partial charge in [-0.25, -0.2) is 4.79 Å². The van der Waals surface area contributed by atoms with Crippen LogP contribution in [0.2, 0.25) is 0 Å². The summed E-state index contributed by atoms with van der Waals surface area (Å²) in [6.45, 7) is 1.63. The molecule has 132 valence electrons. The van der Waals surface area contributed by atoms with Gasteiger partial charge in [0.05, 0.1) is 4.92 Å². The number of nitrogens with one attached hydrogen (secondary N) is 2. The number of imide groups is 1. The molecule has 1 heterocycles. The number of carbonyl (C=O) groups is 2. The summed E-state index contributed by atoms with van der Waals surface area (Å²) in [4.78, 5) is 34.7. The molecule has 25 heavy (non-hydrogen) atoms. The lowest BCUT2D eigenvalue weighted by Gasteiger charge is -2.08. The minimum Gasteiger partial charge on any atom is -0.484 e. The Morgan fingerprint density at radius 2 is 2.12 bits per heavy atom. The van der Waals surface area contributed by atoms with E-state index in [1.54, 1.807) is 18.3 Å². The molecule has 2 rings (SSSR count). The van der Waals surface area contributed by atoms with Gasteiger partial charge in [-0.15, -0.1) is 11.3 Å². The Labute approximate surface area is 148 Å². The first kappa shape index (κ1) is 18.4. The lowest BCUT2D eigenvalue weighted by Crippen LogP contribution is -2.42. The summed E-state index contributed by atoms with van der Waals surface area (Å²) in [5.41, 5.74) is 0.399. The number of urea groups is 1. The van der Waals surface area contributed by atoms with Crippen molar-refractivity contribution in [3.8, 4) is 5.75 Å². The first-order valence-electron chi connectivity index (χ1n) is 7.43. The Morgan fingerprint density at radius 1 is 1.32 bits per heavy atom. The number of hydrogen-bond donors (Lipinski definition) is 2. The summed E-state index contributed by atoms with van der Waals surface area (Å²) in [6.07, 6.45) is 0.692. The van der Waals surface area contributed by atoms with Crippen molar-refractivity contribution in [3.63, 3.8) is 0 Å². The smallest absolute Gasteiger partial charge is 0.321 e. The fourth-order valence-corrected chi connectivity index (χ4v) is 2.74. The van der Waals surface area contributed by atoms with Crippen molar-refractivity contribution in [1.82, 2.24) is 10.6 Å². The average Bonchev–Trinajstić information content (AvgIpc) is 3.06. The molecule has 0 bridgehead atoms. The summed E-state index contributed by atoms with van der Waals surface area (Å²) in [7, 11) is 0. The molecule has 3 amide bonds. The van der Waals surface area contributed by atoms with Crippen LogP contribution < -0.4 is 15.4 Å². The Bertz CT molecular complexity index is 761. The minimum absolute atomic E-state index is 0.0260. The molecule has 0 aliphatic rings. The molecule has 2 N–H and O–H groups in total. The fraction of sp³-hybridized carbons (Fsp3) is 0.250. The van der Waals surface area contributed by atoms with E-state index >= 15 is 0 Å². The van der Waals surface area contributed by atoms with Crippen molar-refractivity contribution in [3.05, 3.63) is 56.3 Å². The molecule has 8 nitrogen and oxygen atoms in total. The topological polar surface area (TPSA) is 111 Å². The molecule has 0 unspecified atom stereocenters. The number of ether oxygens (including phenoxy) is 1. The van der Waals surface area contributed by atoms with Gasteiger partial charge in [-0.05, 0) is 36.9 Å². The lowest BCUT2D eigenvalue weighted by atomic mass is 10.2.